The molecule has 1 spiro atoms. The van der Waals surface area contributed by atoms with Gasteiger partial charge in [-0.15, -0.1) is 0 Å². The molecule has 0 radical (unpaired) electrons. The number of nitrogens with zero attached hydrogens (tertiary/aromatic N) is 1. The average Bonchev–Trinajstić information content (AvgIpc) is 3.84. The van der Waals surface area contributed by atoms with E-state index in [0.29, 0.717) is 23.0 Å². The molecule has 3 aliphatic rings. The molecular formula is C49H29NO3. The molecule has 53 heavy (non-hydrogen) atoms. The summed E-state index contributed by atoms with van der Waals surface area (Å²) in [6.07, 6.45) is 0. The monoisotopic (exact) mass is 679 g/mol. The van der Waals surface area contributed by atoms with Crippen molar-refractivity contribution in [2.24, 2.45) is 0 Å². The maximum absolute atomic E-state index is 7.02. The number of para-hydroxylation sites is 3. The van der Waals surface area contributed by atoms with Crippen molar-refractivity contribution in [3.05, 3.63) is 198 Å². The molecule has 1 aromatic heterocycles. The summed E-state index contributed by atoms with van der Waals surface area (Å²) in [7, 11) is 0. The number of anilines is 3. The third-order valence-corrected chi connectivity index (χ3v) is 11.3. The standard InChI is InChI=1S/C49H29NO3/c1-2-13-30(14-3-1)50(31-25-26-44-37(27-31)35-18-7-11-23-43(35)51-44)42-22-12-24-45-48(42)53-46-28-36-34-17-6-10-21-40(34)49(41(36)29-47(46)52-45)38-19-8-4-15-32(38)33-16-5-9-20-39(33)49/h1-29H. The van der Waals surface area contributed by atoms with Gasteiger partial charge in [-0.25, -0.2) is 0 Å². The van der Waals surface area contributed by atoms with Crippen molar-refractivity contribution in [3.8, 4) is 45.3 Å². The van der Waals surface area contributed by atoms with Crippen LogP contribution in [0.25, 0.3) is 44.2 Å². The normalized spacial score (nSPS) is 13.7. The van der Waals surface area contributed by atoms with Crippen LogP contribution in [0.15, 0.2) is 180 Å². The van der Waals surface area contributed by atoms with Gasteiger partial charge in [-0.1, -0.05) is 115 Å². The average molecular weight is 680 g/mol. The first-order valence-corrected chi connectivity index (χ1v) is 18.0. The van der Waals surface area contributed by atoms with Crippen LogP contribution in [0.4, 0.5) is 17.1 Å². The van der Waals surface area contributed by atoms with E-state index >= 15 is 0 Å². The van der Waals surface area contributed by atoms with Gasteiger partial charge in [-0.05, 0) is 105 Å². The molecule has 0 unspecified atom stereocenters. The lowest BCUT2D eigenvalue weighted by molar-refractivity contribution is 0.360. The lowest BCUT2D eigenvalue weighted by atomic mass is 9.70. The van der Waals surface area contributed by atoms with Gasteiger partial charge in [0, 0.05) is 22.1 Å². The second kappa shape index (κ2) is 10.5. The van der Waals surface area contributed by atoms with Crippen LogP contribution in [0, 0.1) is 0 Å². The first kappa shape index (κ1) is 28.6. The maximum atomic E-state index is 7.02. The molecule has 9 aromatic rings. The molecule has 0 fully saturated rings. The van der Waals surface area contributed by atoms with Crippen molar-refractivity contribution in [3.63, 3.8) is 0 Å². The number of ether oxygens (including phenoxy) is 2. The van der Waals surface area contributed by atoms with Crippen LogP contribution >= 0.6 is 0 Å². The Kier molecular flexibility index (Phi) is 5.67. The second-order valence-electron chi connectivity index (χ2n) is 14.0. The Morgan fingerprint density at radius 3 is 1.75 bits per heavy atom. The largest absolute Gasteiger partial charge is 0.456 e. The minimum atomic E-state index is -0.459. The van der Waals surface area contributed by atoms with Crippen LogP contribution in [-0.4, -0.2) is 0 Å². The zero-order valence-electron chi connectivity index (χ0n) is 28.4. The second-order valence-corrected chi connectivity index (χ2v) is 14.0. The highest BCUT2D eigenvalue weighted by Crippen LogP contribution is 2.65. The molecule has 0 saturated carbocycles. The first-order chi connectivity index (χ1) is 26.3. The zero-order valence-corrected chi connectivity index (χ0v) is 28.4. The predicted molar refractivity (Wildman–Crippen MR) is 211 cm³/mol. The summed E-state index contributed by atoms with van der Waals surface area (Å²) >= 11 is 0. The molecule has 2 aliphatic carbocycles. The molecular weight excluding hydrogens is 651 g/mol. The highest BCUT2D eigenvalue weighted by atomic mass is 16.6. The van der Waals surface area contributed by atoms with E-state index in [0.717, 1.165) is 44.6 Å². The van der Waals surface area contributed by atoms with Crippen molar-refractivity contribution in [1.29, 1.82) is 0 Å². The molecule has 0 atom stereocenters. The highest BCUT2D eigenvalue weighted by Gasteiger charge is 2.52. The van der Waals surface area contributed by atoms with Gasteiger partial charge in [0.25, 0.3) is 0 Å². The van der Waals surface area contributed by atoms with Crippen molar-refractivity contribution >= 4 is 39.0 Å². The van der Waals surface area contributed by atoms with Crippen molar-refractivity contribution in [1.82, 2.24) is 0 Å². The molecule has 8 aromatic carbocycles. The van der Waals surface area contributed by atoms with Gasteiger partial charge in [-0.3, -0.25) is 0 Å². The van der Waals surface area contributed by atoms with Gasteiger partial charge >= 0.3 is 0 Å². The molecule has 1 aliphatic heterocycles. The third-order valence-electron chi connectivity index (χ3n) is 11.3. The third kappa shape index (κ3) is 3.79. The number of fused-ring (bicyclic) bond motifs is 15. The Labute approximate surface area is 305 Å². The Morgan fingerprint density at radius 2 is 1.00 bits per heavy atom. The topological polar surface area (TPSA) is 34.8 Å². The van der Waals surface area contributed by atoms with Gasteiger partial charge in [0.15, 0.2) is 23.0 Å². The number of furan rings is 1. The highest BCUT2D eigenvalue weighted by molar-refractivity contribution is 6.06. The van der Waals surface area contributed by atoms with Crippen molar-refractivity contribution < 1.29 is 13.9 Å². The van der Waals surface area contributed by atoms with Gasteiger partial charge in [-0.2, -0.15) is 0 Å². The lowest BCUT2D eigenvalue weighted by Crippen LogP contribution is -2.25. The Bertz CT molecular complexity index is 2930. The Balaban J connectivity index is 1.04. The van der Waals surface area contributed by atoms with Gasteiger partial charge < -0.3 is 18.8 Å². The van der Waals surface area contributed by atoms with E-state index in [-0.39, 0.29) is 0 Å². The molecule has 0 bridgehead atoms. The minimum absolute atomic E-state index is 0.459. The first-order valence-electron chi connectivity index (χ1n) is 18.0. The molecule has 2 heterocycles. The van der Waals surface area contributed by atoms with E-state index < -0.39 is 5.41 Å². The summed E-state index contributed by atoms with van der Waals surface area (Å²) in [4.78, 5) is 2.23. The van der Waals surface area contributed by atoms with Crippen LogP contribution < -0.4 is 14.4 Å². The van der Waals surface area contributed by atoms with Crippen LogP contribution in [0.2, 0.25) is 0 Å². The maximum Gasteiger partial charge on any atom is 0.194 e. The lowest BCUT2D eigenvalue weighted by Gasteiger charge is -2.32. The number of hydrogen-bond acceptors (Lipinski definition) is 4. The molecule has 4 heteroatoms. The van der Waals surface area contributed by atoms with Crippen LogP contribution in [0.1, 0.15) is 22.3 Å². The summed E-state index contributed by atoms with van der Waals surface area (Å²) in [5.74, 6) is 2.74. The fourth-order valence-electron chi connectivity index (χ4n) is 9.21. The number of rotatable bonds is 3. The van der Waals surface area contributed by atoms with Crippen molar-refractivity contribution in [2.45, 2.75) is 5.41 Å². The quantitative estimate of drug-likeness (QED) is 0.186. The smallest absolute Gasteiger partial charge is 0.194 e. The van der Waals surface area contributed by atoms with E-state index in [4.69, 9.17) is 13.9 Å². The Morgan fingerprint density at radius 1 is 0.377 bits per heavy atom. The number of hydrogen-bond donors (Lipinski definition) is 0. The van der Waals surface area contributed by atoms with E-state index in [2.05, 4.69) is 150 Å². The summed E-state index contributed by atoms with van der Waals surface area (Å²) < 4.78 is 20.1. The summed E-state index contributed by atoms with van der Waals surface area (Å²) in [5.41, 5.74) is 14.2. The molecule has 248 valence electrons. The van der Waals surface area contributed by atoms with E-state index in [9.17, 15) is 0 Å². The van der Waals surface area contributed by atoms with Gasteiger partial charge in [0.05, 0.1) is 11.1 Å². The van der Waals surface area contributed by atoms with Gasteiger partial charge in [0.2, 0.25) is 0 Å². The fourth-order valence-corrected chi connectivity index (χ4v) is 9.21. The van der Waals surface area contributed by atoms with Crippen LogP contribution in [0.5, 0.6) is 23.0 Å². The van der Waals surface area contributed by atoms with Crippen molar-refractivity contribution in [2.75, 3.05) is 4.90 Å². The molecule has 0 saturated heterocycles. The van der Waals surface area contributed by atoms with Gasteiger partial charge in [0.1, 0.15) is 11.2 Å². The predicted octanol–water partition coefficient (Wildman–Crippen LogP) is 13.3. The zero-order chi connectivity index (χ0) is 34.7. The summed E-state index contributed by atoms with van der Waals surface area (Å²) in [6.45, 7) is 0. The summed E-state index contributed by atoms with van der Waals surface area (Å²) in [6, 6.07) is 62.0. The van der Waals surface area contributed by atoms with E-state index in [1.807, 2.05) is 30.3 Å². The number of benzene rings is 8. The minimum Gasteiger partial charge on any atom is -0.456 e. The van der Waals surface area contributed by atoms with Crippen LogP contribution in [-0.2, 0) is 5.41 Å². The molecule has 0 N–H and O–H groups in total. The van der Waals surface area contributed by atoms with E-state index in [1.165, 1.54) is 38.9 Å². The molecule has 0 amide bonds. The SMILES string of the molecule is c1ccc(N(c2ccc3oc4ccccc4c3c2)c2cccc3c2Oc2cc4c(cc2O3)C2(c3ccccc3-c3ccccc32)c2ccccc2-4)cc1. The van der Waals surface area contributed by atoms with E-state index in [1.54, 1.807) is 0 Å². The molecule has 4 nitrogen and oxygen atoms in total. The summed E-state index contributed by atoms with van der Waals surface area (Å²) in [5, 5.41) is 2.14. The fraction of sp³-hybridized carbons (Fsp3) is 0.0204. The Hall–Kier alpha value is -7.04. The molecule has 12 rings (SSSR count). The van der Waals surface area contributed by atoms with Crippen LogP contribution in [0.3, 0.4) is 0 Å².